The van der Waals surface area contributed by atoms with Crippen molar-refractivity contribution in [1.29, 1.82) is 0 Å². The summed E-state index contributed by atoms with van der Waals surface area (Å²) in [5, 5.41) is 1.90. The zero-order valence-corrected chi connectivity index (χ0v) is 12.5. The van der Waals surface area contributed by atoms with E-state index in [0.717, 1.165) is 9.35 Å². The summed E-state index contributed by atoms with van der Waals surface area (Å²) in [6.07, 6.45) is -0.0597. The molecule has 94 valence electrons. The van der Waals surface area contributed by atoms with Gasteiger partial charge in [0.2, 0.25) is 0 Å². The van der Waals surface area contributed by atoms with E-state index in [0.29, 0.717) is 19.0 Å². The predicted molar refractivity (Wildman–Crippen MR) is 73.0 cm³/mol. The van der Waals surface area contributed by atoms with E-state index in [1.165, 1.54) is 11.3 Å². The van der Waals surface area contributed by atoms with Gasteiger partial charge in [-0.05, 0) is 34.3 Å². The van der Waals surface area contributed by atoms with Crippen LogP contribution in [0.3, 0.4) is 0 Å². The van der Waals surface area contributed by atoms with E-state index in [1.807, 2.05) is 23.3 Å². The molecule has 0 saturated carbocycles. The van der Waals surface area contributed by atoms with Crippen LogP contribution >= 0.6 is 38.9 Å². The van der Waals surface area contributed by atoms with Crippen molar-refractivity contribution in [3.8, 4) is 0 Å². The molecule has 1 fully saturated rings. The van der Waals surface area contributed by atoms with Gasteiger partial charge < -0.3 is 9.64 Å². The van der Waals surface area contributed by atoms with Crippen LogP contribution in [0.4, 0.5) is 0 Å². The van der Waals surface area contributed by atoms with Gasteiger partial charge in [0, 0.05) is 11.0 Å². The number of thiophene rings is 1. The Morgan fingerprint density at radius 1 is 1.76 bits per heavy atom. The Morgan fingerprint density at radius 2 is 2.53 bits per heavy atom. The number of hydrogen-bond acceptors (Lipinski definition) is 3. The number of halogens is 2. The summed E-state index contributed by atoms with van der Waals surface area (Å²) in [7, 11) is 0. The molecule has 1 saturated heterocycles. The minimum Gasteiger partial charge on any atom is -0.373 e. The highest BCUT2D eigenvalue weighted by Gasteiger charge is 2.31. The summed E-state index contributed by atoms with van der Waals surface area (Å²) in [4.78, 5) is 14.9. The Morgan fingerprint density at radius 3 is 3.12 bits per heavy atom. The molecule has 3 nitrogen and oxygen atoms in total. The molecule has 1 aliphatic rings. The molecular weight excluding hydrogens is 326 g/mol. The number of hydrogen-bond donors (Lipinski definition) is 0. The maximum atomic E-state index is 12.4. The fraction of sp³-hybridized carbons (Fsp3) is 0.545. The van der Waals surface area contributed by atoms with Crippen LogP contribution in [0.15, 0.2) is 15.9 Å². The van der Waals surface area contributed by atoms with Crippen LogP contribution in [0.5, 0.6) is 0 Å². The second kappa shape index (κ2) is 5.69. The summed E-state index contributed by atoms with van der Waals surface area (Å²) in [5.74, 6) is 0.472. The fourth-order valence-electron chi connectivity index (χ4n) is 1.77. The van der Waals surface area contributed by atoms with Gasteiger partial charge in [-0.15, -0.1) is 22.9 Å². The Balaban J connectivity index is 2.15. The normalized spacial score (nSPS) is 25.0. The first-order chi connectivity index (χ1) is 8.13. The number of amides is 1. The van der Waals surface area contributed by atoms with Crippen molar-refractivity contribution in [2.45, 2.75) is 19.1 Å². The van der Waals surface area contributed by atoms with Gasteiger partial charge in [0.05, 0.1) is 24.6 Å². The second-order valence-electron chi connectivity index (χ2n) is 4.01. The summed E-state index contributed by atoms with van der Waals surface area (Å²) in [5.41, 5.74) is 0. The van der Waals surface area contributed by atoms with Gasteiger partial charge in [-0.25, -0.2) is 0 Å². The van der Waals surface area contributed by atoms with E-state index < -0.39 is 0 Å². The zero-order valence-electron chi connectivity index (χ0n) is 9.36. The van der Waals surface area contributed by atoms with E-state index in [9.17, 15) is 4.79 Å². The number of alkyl halides is 1. The summed E-state index contributed by atoms with van der Waals surface area (Å²) in [6.45, 7) is 3.10. The Bertz CT molecular complexity index is 412. The molecule has 2 unspecified atom stereocenters. The third-order valence-corrected chi connectivity index (χ3v) is 4.92. The Labute approximate surface area is 118 Å². The van der Waals surface area contributed by atoms with Crippen LogP contribution in [-0.2, 0) is 4.74 Å². The number of nitrogens with zero attached hydrogens (tertiary/aromatic N) is 1. The maximum absolute atomic E-state index is 12.4. The zero-order chi connectivity index (χ0) is 12.4. The first-order valence-corrected chi connectivity index (χ1v) is 7.55. The molecular formula is C11H13BrClNO2S. The largest absolute Gasteiger partial charge is 0.373 e. The van der Waals surface area contributed by atoms with Crippen LogP contribution in [0, 0.1) is 0 Å². The molecule has 0 aliphatic carbocycles. The molecule has 2 atom stereocenters. The van der Waals surface area contributed by atoms with E-state index in [2.05, 4.69) is 15.9 Å². The quantitative estimate of drug-likeness (QED) is 0.776. The van der Waals surface area contributed by atoms with E-state index in [4.69, 9.17) is 16.3 Å². The minimum absolute atomic E-state index is 0.0535. The lowest BCUT2D eigenvalue weighted by molar-refractivity contribution is -0.0370. The van der Waals surface area contributed by atoms with E-state index in [-0.39, 0.29) is 18.1 Å². The van der Waals surface area contributed by atoms with Crippen molar-refractivity contribution in [1.82, 2.24) is 4.90 Å². The lowest BCUT2D eigenvalue weighted by atomic mass is 10.2. The van der Waals surface area contributed by atoms with Gasteiger partial charge in [-0.3, -0.25) is 4.79 Å². The molecule has 0 bridgehead atoms. The second-order valence-corrected chi connectivity index (χ2v) is 6.09. The Kier molecular flexibility index (Phi) is 4.47. The van der Waals surface area contributed by atoms with Crippen molar-refractivity contribution < 1.29 is 9.53 Å². The molecule has 0 spiro atoms. The van der Waals surface area contributed by atoms with Gasteiger partial charge in [0.25, 0.3) is 5.91 Å². The smallest absolute Gasteiger partial charge is 0.265 e. The first kappa shape index (κ1) is 13.3. The average molecular weight is 339 g/mol. The van der Waals surface area contributed by atoms with Gasteiger partial charge >= 0.3 is 0 Å². The highest BCUT2D eigenvalue weighted by Crippen LogP contribution is 2.26. The van der Waals surface area contributed by atoms with Gasteiger partial charge in [-0.2, -0.15) is 0 Å². The SMILES string of the molecule is CC1COC(CCl)CN1C(=O)c1sccc1Br. The molecule has 1 amide bonds. The summed E-state index contributed by atoms with van der Waals surface area (Å²) >= 11 is 10.6. The van der Waals surface area contributed by atoms with Crippen LogP contribution in [0.1, 0.15) is 16.6 Å². The summed E-state index contributed by atoms with van der Waals surface area (Å²) in [6, 6.07) is 1.98. The average Bonchev–Trinajstić information content (AvgIpc) is 2.75. The molecule has 0 aromatic carbocycles. The third-order valence-electron chi connectivity index (χ3n) is 2.75. The van der Waals surface area contributed by atoms with Crippen molar-refractivity contribution >= 4 is 44.8 Å². The van der Waals surface area contributed by atoms with Gasteiger partial charge in [0.15, 0.2) is 0 Å². The molecule has 17 heavy (non-hydrogen) atoms. The topological polar surface area (TPSA) is 29.5 Å². The van der Waals surface area contributed by atoms with Crippen molar-refractivity contribution in [3.63, 3.8) is 0 Å². The number of carbonyl (C=O) groups excluding carboxylic acids is 1. The number of carbonyl (C=O) groups is 1. The monoisotopic (exact) mass is 337 g/mol. The molecule has 0 N–H and O–H groups in total. The highest BCUT2D eigenvalue weighted by molar-refractivity contribution is 9.10. The maximum Gasteiger partial charge on any atom is 0.265 e. The van der Waals surface area contributed by atoms with Gasteiger partial charge in [0.1, 0.15) is 4.88 Å². The lowest BCUT2D eigenvalue weighted by Gasteiger charge is -2.37. The minimum atomic E-state index is -0.0597. The van der Waals surface area contributed by atoms with Crippen LogP contribution < -0.4 is 0 Å². The predicted octanol–water partition coefficient (Wildman–Crippen LogP) is 2.98. The van der Waals surface area contributed by atoms with Crippen LogP contribution in [-0.4, -0.2) is 42.0 Å². The van der Waals surface area contributed by atoms with E-state index in [1.54, 1.807) is 0 Å². The number of ether oxygens (including phenoxy) is 1. The van der Waals surface area contributed by atoms with E-state index >= 15 is 0 Å². The third kappa shape index (κ3) is 2.84. The number of morpholine rings is 1. The highest BCUT2D eigenvalue weighted by atomic mass is 79.9. The molecule has 6 heteroatoms. The summed E-state index contributed by atoms with van der Waals surface area (Å²) < 4.78 is 6.39. The molecule has 0 radical (unpaired) electrons. The van der Waals surface area contributed by atoms with Gasteiger partial charge in [-0.1, -0.05) is 0 Å². The molecule has 1 aromatic rings. The van der Waals surface area contributed by atoms with Crippen molar-refractivity contribution in [3.05, 3.63) is 20.8 Å². The lowest BCUT2D eigenvalue weighted by Crippen LogP contribution is -2.51. The standard InChI is InChI=1S/C11H13BrClNO2S/c1-7-6-16-8(4-13)5-14(7)11(15)10-9(12)2-3-17-10/h2-3,7-8H,4-6H2,1H3. The van der Waals surface area contributed by atoms with Crippen molar-refractivity contribution in [2.24, 2.45) is 0 Å². The van der Waals surface area contributed by atoms with Crippen LogP contribution in [0.25, 0.3) is 0 Å². The fourth-order valence-corrected chi connectivity index (χ4v) is 3.45. The molecule has 2 rings (SSSR count). The molecule has 2 heterocycles. The molecule has 1 aliphatic heterocycles. The van der Waals surface area contributed by atoms with Crippen LogP contribution in [0.2, 0.25) is 0 Å². The number of rotatable bonds is 2. The molecule has 1 aromatic heterocycles. The first-order valence-electron chi connectivity index (χ1n) is 5.35. The Hall–Kier alpha value is -0.100. The van der Waals surface area contributed by atoms with Crippen molar-refractivity contribution in [2.75, 3.05) is 19.0 Å².